The van der Waals surface area contributed by atoms with Crippen LogP contribution in [-0.2, 0) is 13.6 Å². The highest BCUT2D eigenvalue weighted by Crippen LogP contribution is 2.11. The Morgan fingerprint density at radius 2 is 2.00 bits per heavy atom. The van der Waals surface area contributed by atoms with Crippen LogP contribution in [0, 0.1) is 13.8 Å². The van der Waals surface area contributed by atoms with Crippen molar-refractivity contribution >= 4 is 0 Å². The van der Waals surface area contributed by atoms with Gasteiger partial charge in [0.15, 0.2) is 0 Å². The van der Waals surface area contributed by atoms with Crippen LogP contribution in [0.25, 0.3) is 0 Å². The minimum absolute atomic E-state index is 0.0686. The molecule has 1 aliphatic heterocycles. The summed E-state index contributed by atoms with van der Waals surface area (Å²) in [5, 5.41) is 17.4. The molecule has 5 heteroatoms. The molecule has 2 N–H and O–H groups in total. The van der Waals surface area contributed by atoms with Crippen molar-refractivity contribution in [2.75, 3.05) is 26.2 Å². The predicted octanol–water partition coefficient (Wildman–Crippen LogP) is 0.973. The molecular weight excluding hydrogens is 252 g/mol. The van der Waals surface area contributed by atoms with Gasteiger partial charge >= 0.3 is 0 Å². The molecule has 1 aliphatic rings. The molecule has 0 aliphatic carbocycles. The second-order valence-corrected chi connectivity index (χ2v) is 5.88. The highest BCUT2D eigenvalue weighted by molar-refractivity contribution is 5.23. The number of aromatic nitrogens is 2. The van der Waals surface area contributed by atoms with Gasteiger partial charge in [0.1, 0.15) is 0 Å². The summed E-state index contributed by atoms with van der Waals surface area (Å²) in [6.45, 7) is 9.35. The van der Waals surface area contributed by atoms with Gasteiger partial charge in [0.2, 0.25) is 0 Å². The lowest BCUT2D eigenvalue weighted by atomic mass is 10.1. The van der Waals surface area contributed by atoms with Crippen molar-refractivity contribution in [2.24, 2.45) is 7.05 Å². The van der Waals surface area contributed by atoms with Crippen LogP contribution in [0.2, 0.25) is 0 Å². The second-order valence-electron chi connectivity index (χ2n) is 5.88. The van der Waals surface area contributed by atoms with E-state index < -0.39 is 0 Å². The molecule has 1 fully saturated rings. The molecule has 0 radical (unpaired) electrons. The molecule has 0 bridgehead atoms. The first-order valence-corrected chi connectivity index (χ1v) is 7.68. The van der Waals surface area contributed by atoms with Gasteiger partial charge < -0.3 is 15.3 Å². The van der Waals surface area contributed by atoms with Crippen LogP contribution in [-0.4, -0.2) is 52.1 Å². The zero-order chi connectivity index (χ0) is 14.5. The normalized spacial score (nSPS) is 17.8. The Balaban J connectivity index is 1.62. The van der Waals surface area contributed by atoms with Crippen molar-refractivity contribution < 1.29 is 5.11 Å². The highest BCUT2D eigenvalue weighted by Gasteiger charge is 2.16. The van der Waals surface area contributed by atoms with E-state index in [0.29, 0.717) is 0 Å². The van der Waals surface area contributed by atoms with E-state index in [4.69, 9.17) is 0 Å². The Bertz CT molecular complexity index is 422. The SMILES string of the molecule is Cc1nn(C)c(C)c1CNCCCN1CCC(O)CC1. The summed E-state index contributed by atoms with van der Waals surface area (Å²) in [7, 11) is 2.00. The fourth-order valence-electron chi connectivity index (χ4n) is 2.86. The van der Waals surface area contributed by atoms with Gasteiger partial charge in [-0.2, -0.15) is 5.10 Å². The molecule has 0 unspecified atom stereocenters. The summed E-state index contributed by atoms with van der Waals surface area (Å²) in [5.41, 5.74) is 3.70. The molecular formula is C15H28N4O. The number of piperidine rings is 1. The van der Waals surface area contributed by atoms with Crippen molar-refractivity contribution in [1.29, 1.82) is 0 Å². The monoisotopic (exact) mass is 280 g/mol. The summed E-state index contributed by atoms with van der Waals surface area (Å²) in [6, 6.07) is 0. The molecule has 20 heavy (non-hydrogen) atoms. The number of aliphatic hydroxyl groups excluding tert-OH is 1. The largest absolute Gasteiger partial charge is 0.393 e. The lowest BCUT2D eigenvalue weighted by molar-refractivity contribution is 0.0821. The maximum absolute atomic E-state index is 9.47. The molecule has 1 aromatic heterocycles. The quantitative estimate of drug-likeness (QED) is 0.763. The van der Waals surface area contributed by atoms with Gasteiger partial charge in [0.05, 0.1) is 11.8 Å². The summed E-state index contributed by atoms with van der Waals surface area (Å²) in [5.74, 6) is 0. The second kappa shape index (κ2) is 7.20. The summed E-state index contributed by atoms with van der Waals surface area (Å²) in [6.07, 6.45) is 2.96. The van der Waals surface area contributed by atoms with Gasteiger partial charge in [-0.1, -0.05) is 0 Å². The van der Waals surface area contributed by atoms with E-state index in [1.807, 2.05) is 11.7 Å². The van der Waals surface area contributed by atoms with Crippen molar-refractivity contribution in [3.05, 3.63) is 17.0 Å². The molecule has 0 aromatic carbocycles. The fraction of sp³-hybridized carbons (Fsp3) is 0.800. The maximum Gasteiger partial charge on any atom is 0.0641 e. The van der Waals surface area contributed by atoms with Crippen LogP contribution in [0.15, 0.2) is 0 Å². The number of aliphatic hydroxyl groups is 1. The van der Waals surface area contributed by atoms with Crippen LogP contribution in [0.1, 0.15) is 36.2 Å². The topological polar surface area (TPSA) is 53.3 Å². The maximum atomic E-state index is 9.47. The van der Waals surface area contributed by atoms with Gasteiger partial charge in [-0.05, 0) is 46.2 Å². The molecule has 0 saturated carbocycles. The summed E-state index contributed by atoms with van der Waals surface area (Å²) < 4.78 is 1.95. The van der Waals surface area contributed by atoms with E-state index in [1.54, 1.807) is 0 Å². The smallest absolute Gasteiger partial charge is 0.0641 e. The van der Waals surface area contributed by atoms with Crippen LogP contribution in [0.3, 0.4) is 0 Å². The molecule has 0 spiro atoms. The first-order valence-electron chi connectivity index (χ1n) is 7.68. The zero-order valence-electron chi connectivity index (χ0n) is 13.0. The lowest BCUT2D eigenvalue weighted by Gasteiger charge is -2.29. The Morgan fingerprint density at radius 1 is 1.30 bits per heavy atom. The Morgan fingerprint density at radius 3 is 2.60 bits per heavy atom. The molecule has 0 atom stereocenters. The molecule has 0 amide bonds. The third kappa shape index (κ3) is 4.04. The van der Waals surface area contributed by atoms with Crippen LogP contribution in [0.4, 0.5) is 0 Å². The Kier molecular flexibility index (Phi) is 5.57. The summed E-state index contributed by atoms with van der Waals surface area (Å²) in [4.78, 5) is 2.45. The van der Waals surface area contributed by atoms with Crippen molar-refractivity contribution in [3.63, 3.8) is 0 Å². The third-order valence-electron chi connectivity index (χ3n) is 4.35. The number of nitrogens with zero attached hydrogens (tertiary/aromatic N) is 3. The fourth-order valence-corrected chi connectivity index (χ4v) is 2.86. The number of likely N-dealkylation sites (tertiary alicyclic amines) is 1. The molecule has 114 valence electrons. The van der Waals surface area contributed by atoms with Gasteiger partial charge in [0, 0.05) is 37.9 Å². The predicted molar refractivity (Wildman–Crippen MR) is 80.7 cm³/mol. The van der Waals surface area contributed by atoms with Crippen LogP contribution < -0.4 is 5.32 Å². The van der Waals surface area contributed by atoms with Gasteiger partial charge in [-0.3, -0.25) is 4.68 Å². The highest BCUT2D eigenvalue weighted by atomic mass is 16.3. The van der Waals surface area contributed by atoms with Crippen molar-refractivity contribution in [2.45, 2.75) is 45.8 Å². The number of hydrogen-bond acceptors (Lipinski definition) is 4. The third-order valence-corrected chi connectivity index (χ3v) is 4.35. The minimum atomic E-state index is -0.0686. The van der Waals surface area contributed by atoms with Gasteiger partial charge in [-0.25, -0.2) is 0 Å². The molecule has 2 heterocycles. The average Bonchev–Trinajstić information content (AvgIpc) is 2.66. The van der Waals surface area contributed by atoms with Crippen molar-refractivity contribution in [1.82, 2.24) is 20.0 Å². The number of hydrogen-bond donors (Lipinski definition) is 2. The average molecular weight is 280 g/mol. The van der Waals surface area contributed by atoms with E-state index in [2.05, 4.69) is 29.2 Å². The Labute approximate surface area is 122 Å². The van der Waals surface area contributed by atoms with Crippen LogP contribution >= 0.6 is 0 Å². The zero-order valence-corrected chi connectivity index (χ0v) is 13.0. The van der Waals surface area contributed by atoms with Crippen molar-refractivity contribution in [3.8, 4) is 0 Å². The minimum Gasteiger partial charge on any atom is -0.393 e. The molecule has 2 rings (SSSR count). The molecule has 1 aromatic rings. The lowest BCUT2D eigenvalue weighted by Crippen LogP contribution is -2.37. The number of aryl methyl sites for hydroxylation is 2. The van der Waals surface area contributed by atoms with E-state index in [1.165, 1.54) is 11.3 Å². The Hall–Kier alpha value is -0.910. The van der Waals surface area contributed by atoms with E-state index in [-0.39, 0.29) is 6.10 Å². The van der Waals surface area contributed by atoms with E-state index in [0.717, 1.165) is 57.7 Å². The van der Waals surface area contributed by atoms with Crippen LogP contribution in [0.5, 0.6) is 0 Å². The summed E-state index contributed by atoms with van der Waals surface area (Å²) >= 11 is 0. The number of rotatable bonds is 6. The molecule has 5 nitrogen and oxygen atoms in total. The van der Waals surface area contributed by atoms with Gasteiger partial charge in [-0.15, -0.1) is 0 Å². The molecule has 1 saturated heterocycles. The number of nitrogens with one attached hydrogen (secondary N) is 1. The first-order chi connectivity index (χ1) is 9.58. The van der Waals surface area contributed by atoms with E-state index >= 15 is 0 Å². The standard InChI is InChI=1S/C15H28N4O/c1-12-15(13(2)18(3)17-12)11-16-7-4-8-19-9-5-14(20)6-10-19/h14,16,20H,4-11H2,1-3H3. The van der Waals surface area contributed by atoms with Gasteiger partial charge in [0.25, 0.3) is 0 Å². The first kappa shape index (κ1) is 15.5. The van der Waals surface area contributed by atoms with E-state index in [9.17, 15) is 5.11 Å².